The lowest BCUT2D eigenvalue weighted by molar-refractivity contribution is 0.357. The maximum atomic E-state index is 12.6. The second-order valence-electron chi connectivity index (χ2n) is 2.41. The number of aromatic nitrogens is 2. The van der Waals surface area contributed by atoms with Gasteiger partial charge in [0.2, 0.25) is 0 Å². The van der Waals surface area contributed by atoms with Gasteiger partial charge in [-0.25, -0.2) is 14.4 Å². The maximum Gasteiger partial charge on any atom is 0.146 e. The highest BCUT2D eigenvalue weighted by Crippen LogP contribution is 2.23. The molecule has 0 radical (unpaired) electrons. The Kier molecular flexibility index (Phi) is 3.40. The predicted molar refractivity (Wildman–Crippen MR) is 49.0 cm³/mol. The fourth-order valence-electron chi connectivity index (χ4n) is 0.790. The molecule has 0 saturated heterocycles. The molecule has 66 valence electrons. The van der Waals surface area contributed by atoms with Crippen LogP contribution in [0.3, 0.4) is 0 Å². The van der Waals surface area contributed by atoms with E-state index in [9.17, 15) is 4.39 Å². The summed E-state index contributed by atoms with van der Waals surface area (Å²) in [6, 6.07) is 0. The number of hydrogen-bond donors (Lipinski definition) is 0. The zero-order chi connectivity index (χ0) is 9.14. The van der Waals surface area contributed by atoms with Gasteiger partial charge in [-0.15, -0.1) is 0 Å². The van der Waals surface area contributed by atoms with E-state index in [2.05, 4.69) is 25.9 Å². The van der Waals surface area contributed by atoms with Crippen molar-refractivity contribution < 1.29 is 4.39 Å². The molecule has 12 heavy (non-hydrogen) atoms. The summed E-state index contributed by atoms with van der Waals surface area (Å²) < 4.78 is 13.2. The van der Waals surface area contributed by atoms with Crippen LogP contribution >= 0.6 is 27.5 Å². The fraction of sp³-hybridized carbons (Fsp3) is 0.429. The molecule has 1 atom stereocenters. The second kappa shape index (κ2) is 4.14. The summed E-state index contributed by atoms with van der Waals surface area (Å²) in [6.07, 6.45) is 0.653. The lowest BCUT2D eigenvalue weighted by Gasteiger charge is -2.03. The van der Waals surface area contributed by atoms with Gasteiger partial charge in [-0.1, -0.05) is 11.6 Å². The molecule has 1 aromatic heterocycles. The van der Waals surface area contributed by atoms with Crippen LogP contribution in [0.5, 0.6) is 0 Å². The van der Waals surface area contributed by atoms with E-state index < -0.39 is 6.17 Å². The molecule has 0 aliphatic rings. The minimum atomic E-state index is -0.924. The number of rotatable bonds is 2. The zero-order valence-corrected chi connectivity index (χ0v) is 8.73. The van der Waals surface area contributed by atoms with Crippen molar-refractivity contribution in [2.24, 2.45) is 0 Å². The second-order valence-corrected chi connectivity index (χ2v) is 3.56. The number of nitrogens with zero attached hydrogens (tertiary/aromatic N) is 2. The van der Waals surface area contributed by atoms with Gasteiger partial charge in [0.1, 0.15) is 17.7 Å². The fourth-order valence-corrected chi connectivity index (χ4v) is 1.31. The lowest BCUT2D eigenvalue weighted by Crippen LogP contribution is -2.02. The van der Waals surface area contributed by atoms with E-state index in [1.54, 1.807) is 0 Å². The van der Waals surface area contributed by atoms with Crippen LogP contribution in [-0.4, -0.2) is 16.1 Å². The molecule has 0 spiro atoms. The van der Waals surface area contributed by atoms with Crippen LogP contribution in [0.15, 0.2) is 10.8 Å². The molecule has 1 heterocycles. The van der Waals surface area contributed by atoms with Crippen LogP contribution in [0.1, 0.15) is 12.6 Å². The van der Waals surface area contributed by atoms with Gasteiger partial charge in [-0.2, -0.15) is 0 Å². The highest BCUT2D eigenvalue weighted by molar-refractivity contribution is 9.10. The van der Waals surface area contributed by atoms with Crippen LogP contribution in [-0.2, 0) is 6.42 Å². The van der Waals surface area contributed by atoms with Crippen molar-refractivity contribution in [1.82, 2.24) is 9.97 Å². The van der Waals surface area contributed by atoms with Gasteiger partial charge in [0.15, 0.2) is 0 Å². The third-order valence-corrected chi connectivity index (χ3v) is 2.64. The van der Waals surface area contributed by atoms with Crippen molar-refractivity contribution in [2.75, 3.05) is 0 Å². The van der Waals surface area contributed by atoms with Crippen LogP contribution < -0.4 is 0 Å². The molecule has 5 heteroatoms. The molecule has 0 aliphatic heterocycles. The van der Waals surface area contributed by atoms with Crippen molar-refractivity contribution in [3.63, 3.8) is 0 Å². The molecule has 0 N–H and O–H groups in total. The van der Waals surface area contributed by atoms with Gasteiger partial charge < -0.3 is 0 Å². The van der Waals surface area contributed by atoms with Crippen molar-refractivity contribution in [1.29, 1.82) is 0 Å². The van der Waals surface area contributed by atoms with Gasteiger partial charge in [0.25, 0.3) is 0 Å². The number of hydrogen-bond acceptors (Lipinski definition) is 2. The molecule has 1 aromatic rings. The average Bonchev–Trinajstić information content (AvgIpc) is 1.98. The first-order valence-electron chi connectivity index (χ1n) is 3.40. The molecule has 0 aliphatic carbocycles. The Bertz CT molecular complexity index is 280. The predicted octanol–water partition coefficient (Wildman–Crippen LogP) is 2.79. The van der Waals surface area contributed by atoms with E-state index in [4.69, 9.17) is 11.6 Å². The van der Waals surface area contributed by atoms with Gasteiger partial charge in [-0.05, 0) is 22.9 Å². The van der Waals surface area contributed by atoms with Crippen LogP contribution in [0, 0.1) is 0 Å². The highest BCUT2D eigenvalue weighted by atomic mass is 79.9. The molecular weight excluding hydrogens is 246 g/mol. The third kappa shape index (κ3) is 2.38. The van der Waals surface area contributed by atoms with E-state index in [1.165, 1.54) is 13.3 Å². The quantitative estimate of drug-likeness (QED) is 0.758. The van der Waals surface area contributed by atoms with E-state index in [-0.39, 0.29) is 6.42 Å². The molecule has 0 bridgehead atoms. The molecule has 0 amide bonds. The number of alkyl halides is 1. The zero-order valence-electron chi connectivity index (χ0n) is 6.39. The Morgan fingerprint density at radius 3 is 2.92 bits per heavy atom. The van der Waals surface area contributed by atoms with Crippen molar-refractivity contribution in [2.45, 2.75) is 19.5 Å². The lowest BCUT2D eigenvalue weighted by atomic mass is 10.2. The first-order chi connectivity index (χ1) is 5.61. The standard InChI is InChI=1S/C7H7BrClFN2/c1-4(10)2-5-6(8)7(9)12-3-11-5/h3-4H,2H2,1H3. The summed E-state index contributed by atoms with van der Waals surface area (Å²) in [6.45, 7) is 1.47. The summed E-state index contributed by atoms with van der Waals surface area (Å²) >= 11 is 8.86. The molecule has 1 rings (SSSR count). The molecule has 0 saturated carbocycles. The maximum absolute atomic E-state index is 12.6. The summed E-state index contributed by atoms with van der Waals surface area (Å²) in [5.41, 5.74) is 0.602. The molecule has 1 unspecified atom stereocenters. The van der Waals surface area contributed by atoms with Crippen LogP contribution in [0.4, 0.5) is 4.39 Å². The normalized spacial score (nSPS) is 13.0. The minimum Gasteiger partial charge on any atom is -0.247 e. The largest absolute Gasteiger partial charge is 0.247 e. The third-order valence-electron chi connectivity index (χ3n) is 1.29. The van der Waals surface area contributed by atoms with E-state index in [0.29, 0.717) is 15.3 Å². The SMILES string of the molecule is CC(F)Cc1ncnc(Cl)c1Br. The van der Waals surface area contributed by atoms with E-state index >= 15 is 0 Å². The summed E-state index contributed by atoms with van der Waals surface area (Å²) in [5, 5.41) is 0.320. The molecule has 0 fully saturated rings. The first kappa shape index (κ1) is 9.86. The van der Waals surface area contributed by atoms with Gasteiger partial charge >= 0.3 is 0 Å². The Morgan fingerprint density at radius 1 is 1.67 bits per heavy atom. The molecule has 0 aromatic carbocycles. The van der Waals surface area contributed by atoms with Crippen LogP contribution in [0.25, 0.3) is 0 Å². The first-order valence-corrected chi connectivity index (χ1v) is 4.57. The van der Waals surface area contributed by atoms with Gasteiger partial charge in [0.05, 0.1) is 10.2 Å². The van der Waals surface area contributed by atoms with Gasteiger partial charge in [-0.3, -0.25) is 0 Å². The summed E-state index contributed by atoms with van der Waals surface area (Å²) in [7, 11) is 0. The Morgan fingerprint density at radius 2 is 2.33 bits per heavy atom. The van der Waals surface area contributed by atoms with Crippen molar-refractivity contribution in [3.05, 3.63) is 21.6 Å². The molecule has 2 nitrogen and oxygen atoms in total. The average molecular weight is 254 g/mol. The molecular formula is C7H7BrClFN2. The monoisotopic (exact) mass is 252 g/mol. The Balaban J connectivity index is 2.92. The summed E-state index contributed by atoms with van der Waals surface area (Å²) in [5.74, 6) is 0. The highest BCUT2D eigenvalue weighted by Gasteiger charge is 2.09. The van der Waals surface area contributed by atoms with E-state index in [1.807, 2.05) is 0 Å². The Labute approximate surface area is 83.3 Å². The summed E-state index contributed by atoms with van der Waals surface area (Å²) in [4.78, 5) is 7.63. The van der Waals surface area contributed by atoms with Gasteiger partial charge in [0, 0.05) is 6.42 Å². The van der Waals surface area contributed by atoms with Crippen molar-refractivity contribution >= 4 is 27.5 Å². The smallest absolute Gasteiger partial charge is 0.146 e. The minimum absolute atomic E-state index is 0.253. The number of halogens is 3. The van der Waals surface area contributed by atoms with E-state index in [0.717, 1.165) is 0 Å². The van der Waals surface area contributed by atoms with Crippen molar-refractivity contribution in [3.8, 4) is 0 Å². The topological polar surface area (TPSA) is 25.8 Å². The Hall–Kier alpha value is -0.220. The van der Waals surface area contributed by atoms with Crippen LogP contribution in [0.2, 0.25) is 5.15 Å².